The molecule has 3 heteroatoms. The molecular formula is C11H15N3. The maximum absolute atomic E-state index is 4.20. The molecule has 1 aromatic heterocycles. The highest BCUT2D eigenvalue weighted by Gasteiger charge is 2.00. The fourth-order valence-electron chi connectivity index (χ4n) is 1.59. The second kappa shape index (κ2) is 3.33. The van der Waals surface area contributed by atoms with Crippen molar-refractivity contribution in [2.75, 3.05) is 5.32 Å². The molecule has 0 spiro atoms. The van der Waals surface area contributed by atoms with Gasteiger partial charge in [0.1, 0.15) is 0 Å². The lowest BCUT2D eigenvalue weighted by Crippen LogP contribution is -2.09. The van der Waals surface area contributed by atoms with Gasteiger partial charge in [-0.05, 0) is 32.0 Å². The Hall–Kier alpha value is -1.51. The Balaban J connectivity index is 2.42. The molecule has 0 amide bonds. The fourth-order valence-corrected chi connectivity index (χ4v) is 1.59. The van der Waals surface area contributed by atoms with Crippen LogP contribution < -0.4 is 5.32 Å². The van der Waals surface area contributed by atoms with Crippen LogP contribution in [-0.4, -0.2) is 15.8 Å². The number of benzene rings is 1. The largest absolute Gasteiger partial charge is 0.383 e. The minimum absolute atomic E-state index is 0.462. The Kier molecular flexibility index (Phi) is 2.15. The van der Waals surface area contributed by atoms with E-state index in [9.17, 15) is 0 Å². The summed E-state index contributed by atoms with van der Waals surface area (Å²) in [6, 6.07) is 6.77. The molecule has 0 saturated carbocycles. The molecule has 0 unspecified atom stereocenters. The van der Waals surface area contributed by atoms with Gasteiger partial charge < -0.3 is 5.32 Å². The van der Waals surface area contributed by atoms with Crippen LogP contribution in [0.4, 0.5) is 5.69 Å². The van der Waals surface area contributed by atoms with E-state index in [0.717, 1.165) is 5.69 Å². The Morgan fingerprint density at radius 2 is 2.14 bits per heavy atom. The van der Waals surface area contributed by atoms with Gasteiger partial charge >= 0.3 is 0 Å². The van der Waals surface area contributed by atoms with Gasteiger partial charge in [-0.1, -0.05) is 0 Å². The first-order chi connectivity index (χ1) is 6.66. The number of hydrogen-bond acceptors (Lipinski definition) is 2. The first-order valence-corrected chi connectivity index (χ1v) is 4.85. The average Bonchev–Trinajstić information content (AvgIpc) is 2.46. The molecule has 14 heavy (non-hydrogen) atoms. The van der Waals surface area contributed by atoms with Crippen molar-refractivity contribution in [3.05, 3.63) is 24.4 Å². The minimum atomic E-state index is 0.462. The summed E-state index contributed by atoms with van der Waals surface area (Å²) in [7, 11) is 1.96. The summed E-state index contributed by atoms with van der Waals surface area (Å²) in [5.41, 5.74) is 2.32. The molecule has 1 aromatic carbocycles. The molecule has 0 atom stereocenters. The number of anilines is 1. The minimum Gasteiger partial charge on any atom is -0.383 e. The van der Waals surface area contributed by atoms with Gasteiger partial charge in [-0.15, -0.1) is 0 Å². The van der Waals surface area contributed by atoms with Crippen molar-refractivity contribution < 1.29 is 0 Å². The van der Waals surface area contributed by atoms with E-state index in [0.29, 0.717) is 6.04 Å². The molecular weight excluding hydrogens is 174 g/mol. The molecule has 0 aliphatic heterocycles. The van der Waals surface area contributed by atoms with Gasteiger partial charge in [-0.2, -0.15) is 5.10 Å². The van der Waals surface area contributed by atoms with Crippen LogP contribution in [0.15, 0.2) is 24.4 Å². The van der Waals surface area contributed by atoms with Gasteiger partial charge in [-0.25, -0.2) is 0 Å². The van der Waals surface area contributed by atoms with Gasteiger partial charge in [0.15, 0.2) is 0 Å². The molecule has 0 bridgehead atoms. The first kappa shape index (κ1) is 9.06. The third-order valence-electron chi connectivity index (χ3n) is 2.20. The second-order valence-corrected chi connectivity index (χ2v) is 3.84. The smallest absolute Gasteiger partial charge is 0.0680 e. The quantitative estimate of drug-likeness (QED) is 0.786. The molecule has 3 nitrogen and oxygen atoms in total. The maximum atomic E-state index is 4.20. The number of hydrogen-bond donors (Lipinski definition) is 1. The molecule has 0 saturated heterocycles. The average molecular weight is 189 g/mol. The summed E-state index contributed by atoms with van der Waals surface area (Å²) >= 11 is 0. The van der Waals surface area contributed by atoms with Crippen LogP contribution in [0.2, 0.25) is 0 Å². The number of nitrogens with zero attached hydrogens (tertiary/aromatic N) is 2. The number of nitrogens with one attached hydrogen (secondary N) is 1. The number of fused-ring (bicyclic) bond motifs is 1. The highest BCUT2D eigenvalue weighted by molar-refractivity contribution is 5.82. The van der Waals surface area contributed by atoms with Crippen molar-refractivity contribution in [3.63, 3.8) is 0 Å². The van der Waals surface area contributed by atoms with Gasteiger partial charge in [0.25, 0.3) is 0 Å². The summed E-state index contributed by atoms with van der Waals surface area (Å²) in [5.74, 6) is 0. The van der Waals surface area contributed by atoms with Crippen LogP contribution in [0.25, 0.3) is 10.9 Å². The topological polar surface area (TPSA) is 29.9 Å². The normalized spacial score (nSPS) is 11.1. The van der Waals surface area contributed by atoms with E-state index in [1.165, 1.54) is 10.9 Å². The molecule has 0 aliphatic carbocycles. The first-order valence-electron chi connectivity index (χ1n) is 4.85. The molecule has 2 rings (SSSR count). The van der Waals surface area contributed by atoms with E-state index in [4.69, 9.17) is 0 Å². The number of aryl methyl sites for hydroxylation is 1. The zero-order chi connectivity index (χ0) is 10.1. The van der Waals surface area contributed by atoms with Crippen LogP contribution in [0.3, 0.4) is 0 Å². The van der Waals surface area contributed by atoms with Crippen molar-refractivity contribution in [3.8, 4) is 0 Å². The zero-order valence-electron chi connectivity index (χ0n) is 8.78. The van der Waals surface area contributed by atoms with E-state index in [1.807, 2.05) is 17.9 Å². The van der Waals surface area contributed by atoms with Crippen LogP contribution in [0, 0.1) is 0 Å². The Labute approximate surface area is 83.7 Å². The van der Waals surface area contributed by atoms with Crippen molar-refractivity contribution in [1.29, 1.82) is 0 Å². The second-order valence-electron chi connectivity index (χ2n) is 3.84. The molecule has 74 valence electrons. The Bertz CT molecular complexity index is 443. The maximum Gasteiger partial charge on any atom is 0.0680 e. The molecule has 1 heterocycles. The Morgan fingerprint density at radius 1 is 1.36 bits per heavy atom. The van der Waals surface area contributed by atoms with Gasteiger partial charge in [-0.3, -0.25) is 4.68 Å². The third-order valence-corrected chi connectivity index (χ3v) is 2.20. The van der Waals surface area contributed by atoms with Crippen molar-refractivity contribution >= 4 is 16.6 Å². The summed E-state index contributed by atoms with van der Waals surface area (Å²) in [6.45, 7) is 4.26. The van der Waals surface area contributed by atoms with Crippen LogP contribution in [0.1, 0.15) is 13.8 Å². The molecule has 0 aliphatic rings. The van der Waals surface area contributed by atoms with Gasteiger partial charge in [0, 0.05) is 24.2 Å². The highest BCUT2D eigenvalue weighted by atomic mass is 15.2. The molecule has 0 fully saturated rings. The third kappa shape index (κ3) is 1.58. The lowest BCUT2D eigenvalue weighted by atomic mass is 10.2. The Morgan fingerprint density at radius 3 is 2.86 bits per heavy atom. The van der Waals surface area contributed by atoms with Crippen LogP contribution >= 0.6 is 0 Å². The van der Waals surface area contributed by atoms with Crippen molar-refractivity contribution in [2.45, 2.75) is 19.9 Å². The van der Waals surface area contributed by atoms with Crippen LogP contribution in [-0.2, 0) is 7.05 Å². The van der Waals surface area contributed by atoms with E-state index in [1.54, 1.807) is 0 Å². The highest BCUT2D eigenvalue weighted by Crippen LogP contribution is 2.18. The van der Waals surface area contributed by atoms with E-state index >= 15 is 0 Å². The van der Waals surface area contributed by atoms with E-state index in [-0.39, 0.29) is 0 Å². The summed E-state index contributed by atoms with van der Waals surface area (Å²) < 4.78 is 1.88. The summed E-state index contributed by atoms with van der Waals surface area (Å²) in [4.78, 5) is 0. The monoisotopic (exact) mass is 189 g/mol. The number of aromatic nitrogens is 2. The predicted octanol–water partition coefficient (Wildman–Crippen LogP) is 2.39. The van der Waals surface area contributed by atoms with Crippen LogP contribution in [0.5, 0.6) is 0 Å². The molecule has 0 radical (unpaired) electrons. The molecule has 1 N–H and O–H groups in total. The van der Waals surface area contributed by atoms with Crippen molar-refractivity contribution in [1.82, 2.24) is 9.78 Å². The van der Waals surface area contributed by atoms with Crippen molar-refractivity contribution in [2.24, 2.45) is 7.05 Å². The lowest BCUT2D eigenvalue weighted by molar-refractivity contribution is 0.797. The van der Waals surface area contributed by atoms with E-state index in [2.05, 4.69) is 42.5 Å². The standard InChI is InChI=1S/C11H15N3/c1-8(2)13-10-4-5-11-9(6-10)7-12-14(11)3/h4-8,13H,1-3H3. The zero-order valence-corrected chi connectivity index (χ0v) is 8.78. The predicted molar refractivity (Wildman–Crippen MR) is 59.5 cm³/mol. The lowest BCUT2D eigenvalue weighted by Gasteiger charge is -2.09. The number of rotatable bonds is 2. The molecule has 2 aromatic rings. The van der Waals surface area contributed by atoms with Gasteiger partial charge in [0.2, 0.25) is 0 Å². The summed E-state index contributed by atoms with van der Waals surface area (Å²) in [6.07, 6.45) is 1.89. The van der Waals surface area contributed by atoms with Gasteiger partial charge in [0.05, 0.1) is 11.7 Å². The van der Waals surface area contributed by atoms with E-state index < -0.39 is 0 Å². The SMILES string of the molecule is CC(C)Nc1ccc2c(cnn2C)c1. The fraction of sp³-hybridized carbons (Fsp3) is 0.364. The summed E-state index contributed by atoms with van der Waals surface area (Å²) in [5, 5.41) is 8.75.